The number of rotatable bonds is 2. The molecule has 0 aliphatic carbocycles. The Hall–Kier alpha value is -3.38. The second-order valence-corrected chi connectivity index (χ2v) is 5.52. The van der Waals surface area contributed by atoms with E-state index >= 15 is 0 Å². The van der Waals surface area contributed by atoms with Gasteiger partial charge in [0.15, 0.2) is 5.69 Å². The number of aliphatic imine (C=N–C) groups is 1. The molecular formula is C15H9F6N5O2. The van der Waals surface area contributed by atoms with Gasteiger partial charge in [0, 0.05) is 30.4 Å². The van der Waals surface area contributed by atoms with E-state index < -0.39 is 35.6 Å². The number of nitrogens with zero attached hydrogens (tertiary/aromatic N) is 5. The lowest BCUT2D eigenvalue weighted by atomic mass is 10.1. The minimum absolute atomic E-state index is 0.00650. The number of nitro benzene ring substituents is 1. The van der Waals surface area contributed by atoms with E-state index in [1.807, 2.05) is 0 Å². The molecule has 0 amide bonds. The van der Waals surface area contributed by atoms with Crippen LogP contribution in [0.15, 0.2) is 47.6 Å². The quantitative estimate of drug-likeness (QED) is 0.327. The zero-order chi connectivity index (χ0) is 20.7. The number of hydrogen-bond acceptors (Lipinski definition) is 5. The molecule has 0 saturated carbocycles. The molecule has 0 radical (unpaired) electrons. The van der Waals surface area contributed by atoms with Crippen LogP contribution in [0.4, 0.5) is 32.0 Å². The van der Waals surface area contributed by atoms with Crippen LogP contribution in [0.25, 0.3) is 11.3 Å². The van der Waals surface area contributed by atoms with Gasteiger partial charge in [-0.1, -0.05) is 0 Å². The van der Waals surface area contributed by atoms with Crippen LogP contribution in [-0.2, 0) is 6.18 Å². The lowest BCUT2D eigenvalue weighted by molar-refractivity contribution is -0.384. The fraction of sp³-hybridized carbons (Fsp3) is 0.200. The topological polar surface area (TPSA) is 76.6 Å². The smallest absolute Gasteiger partial charge is 0.258 e. The first-order chi connectivity index (χ1) is 13.0. The average molecular weight is 405 g/mol. The highest BCUT2D eigenvalue weighted by Crippen LogP contribution is 2.34. The number of benzene rings is 1. The van der Waals surface area contributed by atoms with Crippen molar-refractivity contribution in [3.8, 4) is 11.3 Å². The van der Waals surface area contributed by atoms with Crippen molar-refractivity contribution in [1.29, 1.82) is 0 Å². The molecule has 1 aliphatic rings. The summed E-state index contributed by atoms with van der Waals surface area (Å²) in [4.78, 5) is 13.4. The van der Waals surface area contributed by atoms with Crippen molar-refractivity contribution in [3.63, 3.8) is 0 Å². The van der Waals surface area contributed by atoms with Crippen LogP contribution in [-0.4, -0.2) is 38.4 Å². The predicted octanol–water partition coefficient (Wildman–Crippen LogP) is 4.03. The maximum atomic E-state index is 13.3. The van der Waals surface area contributed by atoms with E-state index in [4.69, 9.17) is 0 Å². The molecule has 0 spiro atoms. The molecule has 2 aromatic rings. The minimum Gasteiger partial charge on any atom is -0.258 e. The van der Waals surface area contributed by atoms with Crippen LogP contribution in [0.2, 0.25) is 0 Å². The fourth-order valence-electron chi connectivity index (χ4n) is 2.44. The van der Waals surface area contributed by atoms with Gasteiger partial charge in [0.25, 0.3) is 5.69 Å². The van der Waals surface area contributed by atoms with Crippen molar-refractivity contribution in [1.82, 2.24) is 14.7 Å². The number of hydrogen-bond donors (Lipinski definition) is 0. The molecule has 0 bridgehead atoms. The van der Waals surface area contributed by atoms with E-state index in [2.05, 4.69) is 10.1 Å². The zero-order valence-corrected chi connectivity index (χ0v) is 13.6. The molecule has 1 aliphatic heterocycles. The molecule has 7 nitrogen and oxygen atoms in total. The van der Waals surface area contributed by atoms with E-state index in [1.165, 1.54) is 0 Å². The molecule has 0 unspecified atom stereocenters. The Balaban J connectivity index is 2.17. The summed E-state index contributed by atoms with van der Waals surface area (Å²) in [6.07, 6.45) is -7.74. The summed E-state index contributed by atoms with van der Waals surface area (Å²) >= 11 is 0. The second-order valence-electron chi connectivity index (χ2n) is 5.52. The Morgan fingerprint density at radius 1 is 1.07 bits per heavy atom. The van der Waals surface area contributed by atoms with Crippen LogP contribution < -0.4 is 0 Å². The van der Waals surface area contributed by atoms with Gasteiger partial charge in [0.05, 0.1) is 10.6 Å². The number of alkyl halides is 6. The Morgan fingerprint density at radius 3 is 2.25 bits per heavy atom. The molecule has 13 heteroatoms. The van der Waals surface area contributed by atoms with Gasteiger partial charge in [-0.2, -0.15) is 23.0 Å². The third-order valence-corrected chi connectivity index (χ3v) is 3.69. The fourth-order valence-corrected chi connectivity index (χ4v) is 2.44. The number of nitro groups is 1. The first kappa shape index (κ1) is 19.4. The average Bonchev–Trinajstić information content (AvgIpc) is 3.06. The van der Waals surface area contributed by atoms with Gasteiger partial charge in [-0.05, 0) is 24.3 Å². The Morgan fingerprint density at radius 2 is 1.71 bits per heavy atom. The van der Waals surface area contributed by atoms with Crippen molar-refractivity contribution in [2.45, 2.75) is 12.5 Å². The second kappa shape index (κ2) is 6.65. The van der Waals surface area contributed by atoms with Crippen LogP contribution >= 0.6 is 0 Å². The van der Waals surface area contributed by atoms with Crippen molar-refractivity contribution in [2.75, 3.05) is 6.54 Å². The summed E-state index contributed by atoms with van der Waals surface area (Å²) in [5.74, 6) is -0.876. The highest BCUT2D eigenvalue weighted by atomic mass is 19.4. The van der Waals surface area contributed by atoms with Crippen LogP contribution in [0, 0.1) is 10.1 Å². The first-order valence-corrected chi connectivity index (χ1v) is 7.48. The molecular weight excluding hydrogens is 396 g/mol. The van der Waals surface area contributed by atoms with Gasteiger partial charge in [0.2, 0.25) is 5.96 Å². The van der Waals surface area contributed by atoms with Gasteiger partial charge in [0.1, 0.15) is 0 Å². The standard InChI is InChI=1S/C15H9F6N5O2/c16-14(17,18)12-8-11(9-2-4-10(5-3-9)26(27)28)25(23-12)13-22-6-1-7-24(13)15(19,20)21/h1-6,8H,7H2. The van der Waals surface area contributed by atoms with E-state index in [-0.39, 0.29) is 21.8 Å². The molecule has 28 heavy (non-hydrogen) atoms. The third kappa shape index (κ3) is 3.68. The minimum atomic E-state index is -4.92. The molecule has 2 heterocycles. The van der Waals surface area contributed by atoms with Crippen molar-refractivity contribution in [3.05, 3.63) is 58.4 Å². The highest BCUT2D eigenvalue weighted by Gasteiger charge is 2.43. The Kier molecular flexibility index (Phi) is 4.61. The van der Waals surface area contributed by atoms with Gasteiger partial charge in [-0.25, -0.2) is 9.89 Å². The summed E-state index contributed by atoms with van der Waals surface area (Å²) in [5.41, 5.74) is -2.13. The molecule has 0 saturated heterocycles. The number of halogens is 6. The summed E-state index contributed by atoms with van der Waals surface area (Å²) in [6, 6.07) is 4.82. The molecule has 1 aromatic carbocycles. The van der Waals surface area contributed by atoms with Crippen LogP contribution in [0.5, 0.6) is 0 Å². The van der Waals surface area contributed by atoms with E-state index in [0.717, 1.165) is 36.5 Å². The molecule has 0 fully saturated rings. The molecule has 0 atom stereocenters. The SMILES string of the molecule is O=[N+]([O-])c1ccc(-c2cc(C(F)(F)F)nn2C2=NC=CCN2C(F)(F)F)cc1. The molecule has 1 aromatic heterocycles. The van der Waals surface area contributed by atoms with Gasteiger partial charge in [-0.3, -0.25) is 10.1 Å². The maximum absolute atomic E-state index is 13.3. The van der Waals surface area contributed by atoms with Crippen molar-refractivity contribution >= 4 is 11.6 Å². The van der Waals surface area contributed by atoms with E-state index in [1.54, 1.807) is 0 Å². The van der Waals surface area contributed by atoms with Crippen LogP contribution in [0.3, 0.4) is 0 Å². The summed E-state index contributed by atoms with van der Waals surface area (Å²) in [7, 11) is 0. The largest absolute Gasteiger partial charge is 0.487 e. The Labute approximate surface area is 152 Å². The lowest BCUT2D eigenvalue weighted by Gasteiger charge is -2.28. The van der Waals surface area contributed by atoms with Gasteiger partial charge < -0.3 is 0 Å². The van der Waals surface area contributed by atoms with E-state index in [0.29, 0.717) is 10.7 Å². The number of aromatic nitrogens is 2. The maximum Gasteiger partial charge on any atom is 0.487 e. The Bertz CT molecular complexity index is 959. The lowest BCUT2D eigenvalue weighted by Crippen LogP contribution is -2.47. The van der Waals surface area contributed by atoms with Gasteiger partial charge >= 0.3 is 12.5 Å². The molecule has 0 N–H and O–H groups in total. The van der Waals surface area contributed by atoms with Crippen LogP contribution in [0.1, 0.15) is 5.69 Å². The first-order valence-electron chi connectivity index (χ1n) is 7.48. The summed E-state index contributed by atoms with van der Waals surface area (Å²) < 4.78 is 79.5. The highest BCUT2D eigenvalue weighted by molar-refractivity contribution is 5.87. The van der Waals surface area contributed by atoms with Gasteiger partial charge in [-0.15, -0.1) is 13.2 Å². The monoisotopic (exact) mass is 405 g/mol. The molecule has 148 valence electrons. The summed E-state index contributed by atoms with van der Waals surface area (Å²) in [5, 5.41) is 14.0. The zero-order valence-electron chi connectivity index (χ0n) is 13.6. The van der Waals surface area contributed by atoms with E-state index in [9.17, 15) is 36.5 Å². The third-order valence-electron chi connectivity index (χ3n) is 3.69. The van der Waals surface area contributed by atoms with Crippen molar-refractivity contribution in [2.24, 2.45) is 4.99 Å². The summed E-state index contributed by atoms with van der Waals surface area (Å²) in [6.45, 7) is -0.663. The van der Waals surface area contributed by atoms with Crippen molar-refractivity contribution < 1.29 is 31.3 Å². The number of non-ortho nitro benzene ring substituents is 1. The normalized spacial score (nSPS) is 14.9. The predicted molar refractivity (Wildman–Crippen MR) is 84.1 cm³/mol. The molecule has 3 rings (SSSR count).